The smallest absolute Gasteiger partial charge is 0.406 e. The number of anilines is 1. The number of benzene rings is 3. The molecule has 1 aliphatic heterocycles. The lowest BCUT2D eigenvalue weighted by Crippen LogP contribution is -2.31. The zero-order chi connectivity index (χ0) is 29.9. The van der Waals surface area contributed by atoms with Crippen LogP contribution in [0.25, 0.3) is 17.1 Å². The lowest BCUT2D eigenvalue weighted by Gasteiger charge is -2.17. The number of aryl methyl sites for hydroxylation is 1. The minimum Gasteiger partial charge on any atom is -0.406 e. The first-order valence-corrected chi connectivity index (χ1v) is 13.5. The van der Waals surface area contributed by atoms with Crippen molar-refractivity contribution in [3.05, 3.63) is 90.0 Å². The number of aliphatic imine (C=N–C) groups is 1. The molecule has 9 nitrogen and oxygen atoms in total. The van der Waals surface area contributed by atoms with Crippen LogP contribution in [0, 0.1) is 12.7 Å². The van der Waals surface area contributed by atoms with Gasteiger partial charge in [0.05, 0.1) is 23.3 Å². The Morgan fingerprint density at radius 1 is 1.12 bits per heavy atom. The van der Waals surface area contributed by atoms with Gasteiger partial charge in [-0.1, -0.05) is 42.1 Å². The molecule has 214 valence electrons. The number of rotatable bonds is 6. The van der Waals surface area contributed by atoms with Crippen molar-refractivity contribution in [3.8, 4) is 22.8 Å². The Morgan fingerprint density at radius 3 is 2.57 bits per heavy atom. The van der Waals surface area contributed by atoms with E-state index in [0.717, 1.165) is 22.9 Å². The van der Waals surface area contributed by atoms with E-state index in [1.54, 1.807) is 43.3 Å². The van der Waals surface area contributed by atoms with Gasteiger partial charge in [-0.15, -0.1) is 18.3 Å². The maximum absolute atomic E-state index is 14.4. The van der Waals surface area contributed by atoms with Gasteiger partial charge in [-0.25, -0.2) is 14.1 Å². The van der Waals surface area contributed by atoms with Crippen LogP contribution in [0.15, 0.2) is 83.2 Å². The minimum atomic E-state index is -4.77. The molecule has 0 radical (unpaired) electrons. The Kier molecular flexibility index (Phi) is 8.31. The van der Waals surface area contributed by atoms with Gasteiger partial charge in [-0.2, -0.15) is 10.1 Å². The topological polar surface area (TPSA) is 97.0 Å². The fourth-order valence-electron chi connectivity index (χ4n) is 3.79. The third kappa shape index (κ3) is 6.98. The number of carbonyl (C=O) groups is 1. The van der Waals surface area contributed by atoms with Gasteiger partial charge in [0.25, 0.3) is 0 Å². The molecule has 0 saturated carbocycles. The maximum atomic E-state index is 14.4. The van der Waals surface area contributed by atoms with Gasteiger partial charge in [0, 0.05) is 5.56 Å². The van der Waals surface area contributed by atoms with Crippen LogP contribution < -0.4 is 15.1 Å². The van der Waals surface area contributed by atoms with Crippen LogP contribution in [0.2, 0.25) is 0 Å². The molecular formula is C27H19F4N7O2S2. The number of hydrogen-bond acceptors (Lipinski definition) is 7. The van der Waals surface area contributed by atoms with Crippen molar-refractivity contribution < 1.29 is 27.1 Å². The van der Waals surface area contributed by atoms with Crippen molar-refractivity contribution in [1.29, 1.82) is 0 Å². The largest absolute Gasteiger partial charge is 0.573 e. The van der Waals surface area contributed by atoms with Crippen LogP contribution >= 0.6 is 24.0 Å². The Morgan fingerprint density at radius 2 is 1.86 bits per heavy atom. The molecule has 42 heavy (non-hydrogen) atoms. The summed E-state index contributed by atoms with van der Waals surface area (Å²) in [7, 11) is 0. The van der Waals surface area contributed by atoms with E-state index in [1.165, 1.54) is 52.5 Å². The SMILES string of the molecule is Cc1ccc(F)c(N2C(=O)CS/C2=N\C(=S)N/N=C/c2ccc(-c3ncn(-c4ccc(OC(F)(F)F)cc4)n3)cc2)c1. The van der Waals surface area contributed by atoms with E-state index in [2.05, 4.69) is 30.3 Å². The summed E-state index contributed by atoms with van der Waals surface area (Å²) >= 11 is 6.38. The van der Waals surface area contributed by atoms with Crippen LogP contribution in [-0.2, 0) is 4.79 Å². The molecular weight excluding hydrogens is 594 g/mol. The summed E-state index contributed by atoms with van der Waals surface area (Å²) in [5.74, 6) is -0.663. The molecule has 5 rings (SSSR count). The minimum absolute atomic E-state index is 0.00845. The first-order valence-electron chi connectivity index (χ1n) is 12.1. The lowest BCUT2D eigenvalue weighted by molar-refractivity contribution is -0.274. The maximum Gasteiger partial charge on any atom is 0.573 e. The fourth-order valence-corrected chi connectivity index (χ4v) is 4.85. The average Bonchev–Trinajstić information content (AvgIpc) is 3.57. The average molecular weight is 614 g/mol. The summed E-state index contributed by atoms with van der Waals surface area (Å²) in [4.78, 5) is 22.1. The van der Waals surface area contributed by atoms with Crippen molar-refractivity contribution >= 4 is 52.1 Å². The van der Waals surface area contributed by atoms with Crippen molar-refractivity contribution in [1.82, 2.24) is 20.2 Å². The van der Waals surface area contributed by atoms with Crippen LogP contribution in [0.1, 0.15) is 11.1 Å². The molecule has 15 heteroatoms. The van der Waals surface area contributed by atoms with Gasteiger partial charge in [-0.3, -0.25) is 15.1 Å². The summed E-state index contributed by atoms with van der Waals surface area (Å²) in [5.41, 5.74) is 5.45. The number of amides is 1. The molecule has 1 aromatic heterocycles. The Bertz CT molecular complexity index is 1690. The summed E-state index contributed by atoms with van der Waals surface area (Å²) in [6.45, 7) is 1.80. The van der Waals surface area contributed by atoms with E-state index in [0.29, 0.717) is 17.1 Å². The molecule has 1 N–H and O–H groups in total. The fraction of sp³-hybridized carbons (Fsp3) is 0.111. The van der Waals surface area contributed by atoms with Gasteiger partial charge in [0.15, 0.2) is 11.0 Å². The number of carbonyl (C=O) groups excluding carboxylic acids is 1. The molecule has 1 saturated heterocycles. The number of nitrogens with zero attached hydrogens (tertiary/aromatic N) is 6. The van der Waals surface area contributed by atoms with E-state index in [1.807, 2.05) is 0 Å². The summed E-state index contributed by atoms with van der Waals surface area (Å²) in [5, 5.41) is 8.70. The Balaban J connectivity index is 1.20. The van der Waals surface area contributed by atoms with E-state index in [-0.39, 0.29) is 33.4 Å². The number of hydrogen-bond donors (Lipinski definition) is 1. The monoisotopic (exact) mass is 613 g/mol. The number of aromatic nitrogens is 3. The van der Waals surface area contributed by atoms with Crippen LogP contribution in [-0.4, -0.2) is 49.3 Å². The second kappa shape index (κ2) is 12.1. The number of nitrogens with one attached hydrogen (secondary N) is 1. The number of halogens is 4. The highest BCUT2D eigenvalue weighted by Crippen LogP contribution is 2.30. The van der Waals surface area contributed by atoms with Gasteiger partial charge in [0.1, 0.15) is 17.9 Å². The van der Waals surface area contributed by atoms with Crippen molar-refractivity contribution in [2.45, 2.75) is 13.3 Å². The standard InChI is InChI=1S/C27H19F4N7O2S2/c1-16-2-11-21(28)22(12-16)38-23(39)14-42-26(38)34-25(41)35-33-13-17-3-5-18(6-4-17)24-32-15-37(36-24)19-7-9-20(10-8-19)40-27(29,30)31/h2-13,15H,14H2,1H3,(H,35,41)/b33-13+,34-26-. The molecule has 0 atom stereocenters. The van der Waals surface area contributed by atoms with E-state index in [4.69, 9.17) is 12.2 Å². The Hall–Kier alpha value is -4.63. The predicted octanol–water partition coefficient (Wildman–Crippen LogP) is 5.62. The molecule has 1 amide bonds. The van der Waals surface area contributed by atoms with Gasteiger partial charge < -0.3 is 4.74 Å². The predicted molar refractivity (Wildman–Crippen MR) is 155 cm³/mol. The molecule has 2 heterocycles. The number of thiocarbonyl (C=S) groups is 1. The second-order valence-electron chi connectivity index (χ2n) is 8.72. The van der Waals surface area contributed by atoms with Gasteiger partial charge in [0.2, 0.25) is 11.0 Å². The zero-order valence-corrected chi connectivity index (χ0v) is 23.2. The summed E-state index contributed by atoms with van der Waals surface area (Å²) in [6, 6.07) is 16.8. The first kappa shape index (κ1) is 28.9. The highest BCUT2D eigenvalue weighted by atomic mass is 32.2. The van der Waals surface area contributed by atoms with Crippen LogP contribution in [0.5, 0.6) is 5.75 Å². The molecule has 1 fully saturated rings. The zero-order valence-electron chi connectivity index (χ0n) is 21.5. The Labute approximate surface area is 245 Å². The molecule has 4 aromatic rings. The van der Waals surface area contributed by atoms with E-state index in [9.17, 15) is 22.4 Å². The first-order chi connectivity index (χ1) is 20.1. The molecule has 3 aromatic carbocycles. The number of hydrazone groups is 1. The lowest BCUT2D eigenvalue weighted by atomic mass is 10.1. The number of thioether (sulfide) groups is 1. The van der Waals surface area contributed by atoms with Crippen LogP contribution in [0.3, 0.4) is 0 Å². The highest BCUT2D eigenvalue weighted by Gasteiger charge is 2.32. The number of alkyl halides is 3. The molecule has 0 aliphatic carbocycles. The summed E-state index contributed by atoms with van der Waals surface area (Å²) < 4.78 is 56.8. The molecule has 0 spiro atoms. The second-order valence-corrected chi connectivity index (χ2v) is 10.0. The van der Waals surface area contributed by atoms with Gasteiger partial charge >= 0.3 is 6.36 Å². The molecule has 0 bridgehead atoms. The number of amidine groups is 1. The molecule has 0 unspecified atom stereocenters. The van der Waals surface area contributed by atoms with Crippen molar-refractivity contribution in [3.63, 3.8) is 0 Å². The van der Waals surface area contributed by atoms with Crippen molar-refractivity contribution in [2.24, 2.45) is 10.1 Å². The normalized spacial score (nSPS) is 14.6. The summed E-state index contributed by atoms with van der Waals surface area (Å²) in [6.07, 6.45) is -1.81. The van der Waals surface area contributed by atoms with E-state index < -0.39 is 12.2 Å². The van der Waals surface area contributed by atoms with Crippen LogP contribution in [0.4, 0.5) is 23.2 Å². The quantitative estimate of drug-likeness (QED) is 0.130. The highest BCUT2D eigenvalue weighted by molar-refractivity contribution is 8.15. The van der Waals surface area contributed by atoms with Gasteiger partial charge in [-0.05, 0) is 66.7 Å². The third-order valence-corrected chi connectivity index (χ3v) is 6.78. The van der Waals surface area contributed by atoms with E-state index >= 15 is 0 Å². The number of ether oxygens (including phenoxy) is 1. The van der Waals surface area contributed by atoms with Crippen molar-refractivity contribution in [2.75, 3.05) is 10.7 Å². The molecule has 1 aliphatic rings. The third-order valence-electron chi connectivity index (χ3n) is 5.67.